The molecule has 1 aliphatic rings. The van der Waals surface area contributed by atoms with Crippen molar-refractivity contribution in [1.82, 2.24) is 14.7 Å². The lowest BCUT2D eigenvalue weighted by molar-refractivity contribution is -0.134. The molecule has 1 atom stereocenters. The number of aromatic nitrogens is 2. The number of methoxy groups -OCH3 is 1. The zero-order chi connectivity index (χ0) is 21.9. The lowest BCUT2D eigenvalue weighted by Crippen LogP contribution is -2.46. The maximum atomic E-state index is 13.1. The summed E-state index contributed by atoms with van der Waals surface area (Å²) in [6.07, 6.45) is 0.424. The monoisotopic (exact) mass is 433 g/mol. The van der Waals surface area contributed by atoms with Gasteiger partial charge in [-0.1, -0.05) is 26.0 Å². The lowest BCUT2D eigenvalue weighted by atomic mass is 10.1. The van der Waals surface area contributed by atoms with Crippen LogP contribution in [0.4, 0.5) is 0 Å². The minimum absolute atomic E-state index is 0.0301. The molecule has 9 heteroatoms. The van der Waals surface area contributed by atoms with Crippen LogP contribution in [-0.2, 0) is 21.2 Å². The van der Waals surface area contributed by atoms with Gasteiger partial charge in [0.2, 0.25) is 5.91 Å². The second-order valence-electron chi connectivity index (χ2n) is 7.94. The molecule has 0 aliphatic carbocycles. The van der Waals surface area contributed by atoms with Gasteiger partial charge in [-0.25, -0.2) is 13.1 Å². The van der Waals surface area contributed by atoms with E-state index < -0.39 is 15.4 Å². The summed E-state index contributed by atoms with van der Waals surface area (Å²) < 4.78 is 30.2. The fraction of sp³-hybridized carbons (Fsp3) is 0.476. The molecular weight excluding hydrogens is 406 g/mol. The van der Waals surface area contributed by atoms with Gasteiger partial charge in [0.05, 0.1) is 24.3 Å². The molecule has 30 heavy (non-hydrogen) atoms. The molecule has 3 rings (SSSR count). The molecule has 0 saturated carbocycles. The van der Waals surface area contributed by atoms with Crippen LogP contribution in [0, 0.1) is 5.92 Å². The average molecular weight is 434 g/mol. The first-order valence-corrected chi connectivity index (χ1v) is 11.7. The lowest BCUT2D eigenvalue weighted by Gasteiger charge is -2.30. The molecule has 1 saturated heterocycles. The molecule has 1 aliphatic heterocycles. The summed E-state index contributed by atoms with van der Waals surface area (Å²) in [6.45, 7) is 4.14. The normalized spacial score (nSPS) is 17.8. The van der Waals surface area contributed by atoms with E-state index in [1.165, 1.54) is 6.07 Å². The Balaban J connectivity index is 1.86. The Morgan fingerprint density at radius 3 is 2.70 bits per heavy atom. The number of nitrogens with zero attached hydrogens (tertiary/aromatic N) is 3. The Morgan fingerprint density at radius 2 is 2.07 bits per heavy atom. The number of rotatable bonds is 7. The van der Waals surface area contributed by atoms with Crippen molar-refractivity contribution in [2.45, 2.75) is 32.9 Å². The van der Waals surface area contributed by atoms with Gasteiger partial charge in [0, 0.05) is 24.2 Å². The second-order valence-corrected chi connectivity index (χ2v) is 10.2. The molecule has 8 nitrogen and oxygen atoms in total. The molecule has 2 heterocycles. The van der Waals surface area contributed by atoms with Crippen LogP contribution in [0.15, 0.2) is 41.2 Å². The smallest absolute Gasteiger partial charge is 0.267 e. The molecule has 1 aromatic carbocycles. The number of hydrogen-bond acceptors (Lipinski definition) is 6. The fourth-order valence-corrected chi connectivity index (χ4v) is 5.32. The number of ether oxygens (including phenoxy) is 1. The highest BCUT2D eigenvalue weighted by Gasteiger charge is 2.35. The van der Waals surface area contributed by atoms with Crippen LogP contribution in [0.3, 0.4) is 0 Å². The number of hydrogen-bond donors (Lipinski definition) is 0. The van der Waals surface area contributed by atoms with E-state index in [4.69, 9.17) is 4.74 Å². The van der Waals surface area contributed by atoms with Crippen molar-refractivity contribution in [3.63, 3.8) is 0 Å². The zero-order valence-electron chi connectivity index (χ0n) is 17.4. The van der Waals surface area contributed by atoms with Crippen LogP contribution in [-0.4, -0.2) is 60.2 Å². The van der Waals surface area contributed by atoms with Crippen LogP contribution in [0.5, 0.6) is 5.75 Å². The first kappa shape index (κ1) is 22.0. The van der Waals surface area contributed by atoms with Crippen molar-refractivity contribution in [3.8, 4) is 17.0 Å². The van der Waals surface area contributed by atoms with Gasteiger partial charge >= 0.3 is 0 Å². The quantitative estimate of drug-likeness (QED) is 0.658. The van der Waals surface area contributed by atoms with Gasteiger partial charge in [0.25, 0.3) is 5.56 Å². The van der Waals surface area contributed by atoms with Crippen molar-refractivity contribution in [1.29, 1.82) is 0 Å². The minimum atomic E-state index is -3.13. The van der Waals surface area contributed by atoms with Crippen LogP contribution in [0.2, 0.25) is 0 Å². The standard InChI is InChI=1S/C21H27N3O5S/c1-15(2)12-23(17-9-10-30(27,28)14-17)21(26)13-24-20(25)8-7-19(22-24)16-5-4-6-18(11-16)29-3/h4-8,11,15,17H,9-10,12-14H2,1-3H3/t17-/m0/s1. The summed E-state index contributed by atoms with van der Waals surface area (Å²) in [4.78, 5) is 27.0. The highest BCUT2D eigenvalue weighted by molar-refractivity contribution is 7.91. The number of carbonyl (C=O) groups is 1. The molecule has 1 aromatic heterocycles. The Labute approximate surface area is 176 Å². The molecule has 0 N–H and O–H groups in total. The number of sulfone groups is 1. The van der Waals surface area contributed by atoms with E-state index in [1.807, 2.05) is 32.0 Å². The topological polar surface area (TPSA) is 98.6 Å². The fourth-order valence-electron chi connectivity index (χ4n) is 3.59. The summed E-state index contributed by atoms with van der Waals surface area (Å²) in [5, 5.41) is 4.36. The SMILES string of the molecule is COc1cccc(-c2ccc(=O)n(CC(=O)N(CC(C)C)[C@H]3CCS(=O)(=O)C3)n2)c1. The summed E-state index contributed by atoms with van der Waals surface area (Å²) >= 11 is 0. The van der Waals surface area contributed by atoms with E-state index >= 15 is 0 Å². The molecule has 0 unspecified atom stereocenters. The third kappa shape index (κ3) is 5.27. The summed E-state index contributed by atoms with van der Waals surface area (Å²) in [6, 6.07) is 9.89. The number of benzene rings is 1. The van der Waals surface area contributed by atoms with Crippen molar-refractivity contribution in [2.24, 2.45) is 5.92 Å². The molecule has 162 valence electrons. The zero-order valence-corrected chi connectivity index (χ0v) is 18.3. The van der Waals surface area contributed by atoms with Crippen molar-refractivity contribution < 1.29 is 17.9 Å². The Bertz CT molecular complexity index is 1080. The van der Waals surface area contributed by atoms with Crippen molar-refractivity contribution in [2.75, 3.05) is 25.2 Å². The summed E-state index contributed by atoms with van der Waals surface area (Å²) in [7, 11) is -1.56. The van der Waals surface area contributed by atoms with Crippen LogP contribution < -0.4 is 10.3 Å². The molecule has 1 fully saturated rings. The van der Waals surface area contributed by atoms with Crippen molar-refractivity contribution in [3.05, 3.63) is 46.8 Å². The highest BCUT2D eigenvalue weighted by atomic mass is 32.2. The van der Waals surface area contributed by atoms with Crippen LogP contribution >= 0.6 is 0 Å². The van der Waals surface area contributed by atoms with E-state index in [0.717, 1.165) is 10.2 Å². The van der Waals surface area contributed by atoms with Gasteiger partial charge < -0.3 is 9.64 Å². The van der Waals surface area contributed by atoms with Gasteiger partial charge in [0.15, 0.2) is 9.84 Å². The first-order valence-electron chi connectivity index (χ1n) is 9.91. The van der Waals surface area contributed by atoms with Gasteiger partial charge in [-0.3, -0.25) is 9.59 Å². The first-order chi connectivity index (χ1) is 14.2. The average Bonchev–Trinajstić information content (AvgIpc) is 3.07. The predicted molar refractivity (Wildman–Crippen MR) is 114 cm³/mol. The number of carbonyl (C=O) groups excluding carboxylic acids is 1. The largest absolute Gasteiger partial charge is 0.497 e. The molecule has 0 spiro atoms. The molecule has 0 radical (unpaired) electrons. The van der Waals surface area contributed by atoms with Crippen LogP contribution in [0.25, 0.3) is 11.3 Å². The van der Waals surface area contributed by atoms with Gasteiger partial charge in [0.1, 0.15) is 12.3 Å². The van der Waals surface area contributed by atoms with Gasteiger partial charge in [-0.15, -0.1) is 0 Å². The summed E-state index contributed by atoms with van der Waals surface area (Å²) in [5.41, 5.74) is 0.912. The molecule has 2 aromatic rings. The van der Waals surface area contributed by atoms with Crippen molar-refractivity contribution >= 4 is 15.7 Å². The molecule has 1 amide bonds. The maximum Gasteiger partial charge on any atom is 0.267 e. The van der Waals surface area contributed by atoms with Gasteiger partial charge in [-0.05, 0) is 30.5 Å². The predicted octanol–water partition coefficient (Wildman–Crippen LogP) is 1.59. The van der Waals surface area contributed by atoms with E-state index in [0.29, 0.717) is 24.4 Å². The Morgan fingerprint density at radius 1 is 1.30 bits per heavy atom. The van der Waals surface area contributed by atoms with Gasteiger partial charge in [-0.2, -0.15) is 5.10 Å². The van der Waals surface area contributed by atoms with E-state index in [-0.39, 0.29) is 35.9 Å². The second kappa shape index (κ2) is 8.99. The van der Waals surface area contributed by atoms with E-state index in [2.05, 4.69) is 5.10 Å². The highest BCUT2D eigenvalue weighted by Crippen LogP contribution is 2.22. The van der Waals surface area contributed by atoms with E-state index in [1.54, 1.807) is 24.1 Å². The minimum Gasteiger partial charge on any atom is -0.497 e. The Kier molecular flexibility index (Phi) is 6.60. The number of amides is 1. The third-order valence-corrected chi connectivity index (χ3v) is 6.80. The van der Waals surface area contributed by atoms with E-state index in [9.17, 15) is 18.0 Å². The third-order valence-electron chi connectivity index (χ3n) is 5.05. The van der Waals surface area contributed by atoms with Crippen LogP contribution in [0.1, 0.15) is 20.3 Å². The molecule has 0 bridgehead atoms. The summed E-state index contributed by atoms with van der Waals surface area (Å²) in [5.74, 6) is 0.586. The molecular formula is C21H27N3O5S. The maximum absolute atomic E-state index is 13.1. The Hall–Kier alpha value is -2.68.